The maximum absolute atomic E-state index is 12.1. The first-order chi connectivity index (χ1) is 20.1. The lowest BCUT2D eigenvalue weighted by Gasteiger charge is -2.05. The van der Waals surface area contributed by atoms with Crippen LogP contribution < -0.4 is 0 Å². The van der Waals surface area contributed by atoms with Gasteiger partial charge in [-0.1, -0.05) is 23.5 Å². The molecule has 0 bridgehead atoms. The van der Waals surface area contributed by atoms with Crippen LogP contribution in [0.2, 0.25) is 0 Å². The van der Waals surface area contributed by atoms with E-state index < -0.39 is 10.8 Å². The van der Waals surface area contributed by atoms with Gasteiger partial charge in [-0.3, -0.25) is 13.8 Å². The van der Waals surface area contributed by atoms with Gasteiger partial charge in [-0.2, -0.15) is 11.8 Å². The van der Waals surface area contributed by atoms with Crippen LogP contribution in [0, 0.1) is 0 Å². The lowest BCUT2D eigenvalue weighted by atomic mass is 10.8. The predicted molar refractivity (Wildman–Crippen MR) is 205 cm³/mol. The third-order valence-electron chi connectivity index (χ3n) is 3.42. The third kappa shape index (κ3) is 37.7. The summed E-state index contributed by atoms with van der Waals surface area (Å²) in [5.74, 6) is 3.51. The summed E-state index contributed by atoms with van der Waals surface area (Å²) in [6, 6.07) is 0. The minimum absolute atomic E-state index is 0.0253. The first kappa shape index (κ1) is 44.3. The SMILES string of the molecule is O=C(CSCSCSCCS(=O)CSCSCSCSC(=O)CSCSCSCCOOCSCO)OCSCO. The summed E-state index contributed by atoms with van der Waals surface area (Å²) in [5, 5.41) is 24.3. The van der Waals surface area contributed by atoms with Gasteiger partial charge in [0.05, 0.1) is 35.1 Å². The average Bonchev–Trinajstić information content (AvgIpc) is 2.96. The molecule has 1 unspecified atom stereocenters. The highest BCUT2D eigenvalue weighted by Gasteiger charge is 2.05. The number of hydrogen-bond donors (Lipinski definition) is 2. The first-order valence-electron chi connectivity index (χ1n) is 11.6. The van der Waals surface area contributed by atoms with Crippen molar-refractivity contribution in [3.63, 3.8) is 0 Å². The molecular formula is C20H38O8S13. The number of esters is 1. The van der Waals surface area contributed by atoms with Crippen LogP contribution in [0.5, 0.6) is 0 Å². The van der Waals surface area contributed by atoms with Crippen LogP contribution in [-0.4, -0.2) is 125 Å². The third-order valence-corrected chi connectivity index (χ3v) is 18.6. The Hall–Kier alpha value is 3.33. The molecule has 0 radical (unpaired) electrons. The van der Waals surface area contributed by atoms with Crippen molar-refractivity contribution in [1.82, 2.24) is 0 Å². The number of thioether (sulfide) groups is 12. The van der Waals surface area contributed by atoms with Gasteiger partial charge in [-0.15, -0.1) is 106 Å². The van der Waals surface area contributed by atoms with E-state index in [0.717, 1.165) is 58.9 Å². The number of carbonyl (C=O) groups excluding carboxylic acids is 2. The second-order valence-corrected chi connectivity index (χ2v) is 22.9. The molecule has 2 N–H and O–H groups in total. The number of carbonyl (C=O) groups is 2. The summed E-state index contributed by atoms with van der Waals surface area (Å²) in [6.45, 7) is 0.519. The molecule has 0 aliphatic rings. The Kier molecular flexibility index (Phi) is 40.9. The van der Waals surface area contributed by atoms with E-state index >= 15 is 0 Å². The highest BCUT2D eigenvalue weighted by Crippen LogP contribution is 2.24. The molecule has 0 saturated heterocycles. The van der Waals surface area contributed by atoms with E-state index in [9.17, 15) is 13.8 Å². The Morgan fingerprint density at radius 1 is 0.610 bits per heavy atom. The highest BCUT2D eigenvalue weighted by atomic mass is 32.3. The molecule has 0 amide bonds. The van der Waals surface area contributed by atoms with Crippen molar-refractivity contribution < 1.29 is 38.5 Å². The highest BCUT2D eigenvalue weighted by molar-refractivity contribution is 8.30. The van der Waals surface area contributed by atoms with Crippen molar-refractivity contribution in [2.45, 2.75) is 0 Å². The lowest BCUT2D eigenvalue weighted by Crippen LogP contribution is -2.07. The van der Waals surface area contributed by atoms with Gasteiger partial charge in [-0.05, 0) is 0 Å². The van der Waals surface area contributed by atoms with Crippen LogP contribution >= 0.6 is 141 Å². The Morgan fingerprint density at radius 3 is 1.93 bits per heavy atom. The molecule has 8 nitrogen and oxygen atoms in total. The molecule has 0 fully saturated rings. The van der Waals surface area contributed by atoms with Gasteiger partial charge >= 0.3 is 5.97 Å². The summed E-state index contributed by atoms with van der Waals surface area (Å²) in [7, 11) is -0.810. The van der Waals surface area contributed by atoms with Crippen LogP contribution in [0.4, 0.5) is 0 Å². The van der Waals surface area contributed by atoms with Crippen LogP contribution in [-0.2, 0) is 34.9 Å². The zero-order chi connectivity index (χ0) is 30.1. The van der Waals surface area contributed by atoms with Crippen molar-refractivity contribution >= 4 is 163 Å². The Labute approximate surface area is 298 Å². The van der Waals surface area contributed by atoms with Gasteiger partial charge < -0.3 is 14.9 Å². The molecule has 0 spiro atoms. The van der Waals surface area contributed by atoms with Crippen molar-refractivity contribution in [1.29, 1.82) is 0 Å². The molecule has 0 aromatic carbocycles. The standard InChI is InChI=1S/C20H38O8S13/c21-7-33-9-26-19(23)5-31-13-36-12-30-3-4-41(25)18-39-16-37-15-38-17-40-20(24)6-32-14-35-11-29-2-1-27-28-10-34-8-22/h21-22H,1-18H2. The zero-order valence-electron chi connectivity index (χ0n) is 22.4. The fourth-order valence-corrected chi connectivity index (χ4v) is 15.6. The van der Waals surface area contributed by atoms with Gasteiger partial charge in [0.2, 0.25) is 0 Å². The van der Waals surface area contributed by atoms with Crippen molar-refractivity contribution in [3.05, 3.63) is 0 Å². The van der Waals surface area contributed by atoms with E-state index in [-0.39, 0.29) is 28.9 Å². The minimum atomic E-state index is -0.810. The summed E-state index contributed by atoms with van der Waals surface area (Å²) >= 11 is 19.3. The Balaban J connectivity index is 3.30. The van der Waals surface area contributed by atoms with Gasteiger partial charge in [0.1, 0.15) is 11.9 Å². The predicted octanol–water partition coefficient (Wildman–Crippen LogP) is 6.03. The monoisotopic (exact) mass is 822 g/mol. The number of rotatable bonds is 33. The van der Waals surface area contributed by atoms with E-state index in [1.807, 2.05) is 0 Å². The maximum atomic E-state index is 12.1. The molecule has 0 aromatic heterocycles. The van der Waals surface area contributed by atoms with E-state index in [0.29, 0.717) is 34.9 Å². The number of hydrogen-bond acceptors (Lipinski definition) is 20. The topological polar surface area (TPSA) is 119 Å². The van der Waals surface area contributed by atoms with Crippen LogP contribution in [0.25, 0.3) is 0 Å². The molecule has 0 saturated carbocycles. The molecule has 1 atom stereocenters. The van der Waals surface area contributed by atoms with E-state index in [1.54, 1.807) is 94.1 Å². The van der Waals surface area contributed by atoms with Gasteiger partial charge in [0.15, 0.2) is 5.12 Å². The smallest absolute Gasteiger partial charge is 0.316 e. The van der Waals surface area contributed by atoms with E-state index in [4.69, 9.17) is 24.7 Å². The van der Waals surface area contributed by atoms with Gasteiger partial charge in [-0.25, -0.2) is 9.78 Å². The number of ether oxygens (including phenoxy) is 1. The fraction of sp³-hybridized carbons (Fsp3) is 0.900. The van der Waals surface area contributed by atoms with Crippen LogP contribution in [0.15, 0.2) is 0 Å². The lowest BCUT2D eigenvalue weighted by molar-refractivity contribution is -0.274. The average molecular weight is 823 g/mol. The Morgan fingerprint density at radius 2 is 1.20 bits per heavy atom. The molecular weight excluding hydrogens is 785 g/mol. The van der Waals surface area contributed by atoms with Crippen molar-refractivity contribution in [2.24, 2.45) is 0 Å². The second kappa shape index (κ2) is 37.8. The summed E-state index contributed by atoms with van der Waals surface area (Å²) in [6.07, 6.45) is 0. The van der Waals surface area contributed by atoms with Crippen molar-refractivity contribution in [3.8, 4) is 0 Å². The molecule has 0 rings (SSSR count). The fourth-order valence-electron chi connectivity index (χ4n) is 1.79. The van der Waals surface area contributed by atoms with Crippen molar-refractivity contribution in [2.75, 3.05) is 99.8 Å². The molecule has 244 valence electrons. The minimum Gasteiger partial charge on any atom is -0.454 e. The first-order valence-corrected chi connectivity index (χ1v) is 26.7. The van der Waals surface area contributed by atoms with Crippen LogP contribution in [0.3, 0.4) is 0 Å². The number of aliphatic hydroxyl groups excluding tert-OH is 2. The summed E-state index contributed by atoms with van der Waals surface area (Å²) < 4.78 is 17.0. The largest absolute Gasteiger partial charge is 0.454 e. The second-order valence-electron chi connectivity index (χ2n) is 6.50. The van der Waals surface area contributed by atoms with Crippen LogP contribution in [0.1, 0.15) is 0 Å². The van der Waals surface area contributed by atoms with E-state index in [2.05, 4.69) is 0 Å². The molecule has 0 aliphatic carbocycles. The van der Waals surface area contributed by atoms with Gasteiger partial charge in [0, 0.05) is 63.7 Å². The maximum Gasteiger partial charge on any atom is 0.316 e. The molecule has 0 aliphatic heterocycles. The molecule has 21 heteroatoms. The molecule has 0 aromatic rings. The normalized spacial score (nSPS) is 12.0. The molecule has 41 heavy (non-hydrogen) atoms. The zero-order valence-corrected chi connectivity index (χ0v) is 33.0. The quantitative estimate of drug-likeness (QED) is 0.0264. The summed E-state index contributed by atoms with van der Waals surface area (Å²) in [5.41, 5.74) is 0. The van der Waals surface area contributed by atoms with Gasteiger partial charge in [0.25, 0.3) is 0 Å². The summed E-state index contributed by atoms with van der Waals surface area (Å²) in [4.78, 5) is 33.2. The van der Waals surface area contributed by atoms with E-state index in [1.165, 1.54) is 35.3 Å². The molecule has 0 heterocycles. The number of aliphatic hydroxyl groups is 2. The Bertz CT molecular complexity index is 628.